The summed E-state index contributed by atoms with van der Waals surface area (Å²) >= 11 is 0. The molecule has 0 bridgehead atoms. The lowest BCUT2D eigenvalue weighted by atomic mass is 10.2. The van der Waals surface area contributed by atoms with Gasteiger partial charge in [-0.1, -0.05) is 18.2 Å². The van der Waals surface area contributed by atoms with Gasteiger partial charge in [-0.25, -0.2) is 9.59 Å². The van der Waals surface area contributed by atoms with E-state index >= 15 is 0 Å². The first-order chi connectivity index (χ1) is 9.65. The first-order valence-corrected chi connectivity index (χ1v) is 6.21. The number of urea groups is 1. The number of aromatic carboxylic acids is 1. The van der Waals surface area contributed by atoms with Crippen molar-refractivity contribution in [3.05, 3.63) is 42.5 Å². The summed E-state index contributed by atoms with van der Waals surface area (Å²) in [6.07, 6.45) is 2.52. The lowest BCUT2D eigenvalue weighted by molar-refractivity contribution is 0.0698. The van der Waals surface area contributed by atoms with E-state index in [2.05, 4.69) is 17.2 Å². The zero-order valence-corrected chi connectivity index (χ0v) is 11.1. The minimum absolute atomic E-state index is 0.0462. The number of rotatable bonds is 8. The summed E-state index contributed by atoms with van der Waals surface area (Å²) in [5.74, 6) is -1.09. The lowest BCUT2D eigenvalue weighted by Gasteiger charge is -2.09. The van der Waals surface area contributed by atoms with Gasteiger partial charge in [0.05, 0.1) is 24.5 Å². The summed E-state index contributed by atoms with van der Waals surface area (Å²) in [5.41, 5.74) is 0.301. The summed E-state index contributed by atoms with van der Waals surface area (Å²) in [4.78, 5) is 22.6. The van der Waals surface area contributed by atoms with Crippen molar-refractivity contribution < 1.29 is 19.4 Å². The fourth-order valence-corrected chi connectivity index (χ4v) is 1.45. The molecule has 6 nitrogen and oxygen atoms in total. The Bertz CT molecular complexity index is 474. The normalized spacial score (nSPS) is 9.80. The Hall–Kier alpha value is -2.34. The Labute approximate surface area is 117 Å². The minimum atomic E-state index is -1.09. The zero-order valence-electron chi connectivity index (χ0n) is 11.1. The van der Waals surface area contributed by atoms with Crippen LogP contribution in [0.25, 0.3) is 0 Å². The number of carboxylic acids is 1. The van der Waals surface area contributed by atoms with Gasteiger partial charge in [-0.15, -0.1) is 6.58 Å². The molecule has 0 aliphatic rings. The molecule has 0 fully saturated rings. The van der Waals surface area contributed by atoms with Crippen LogP contribution in [0.5, 0.6) is 0 Å². The summed E-state index contributed by atoms with van der Waals surface area (Å²) in [7, 11) is 0. The van der Waals surface area contributed by atoms with Crippen molar-refractivity contribution in [2.75, 3.05) is 25.1 Å². The number of amides is 2. The molecule has 108 valence electrons. The second-order valence-electron chi connectivity index (χ2n) is 3.92. The zero-order chi connectivity index (χ0) is 14.8. The molecule has 0 saturated heterocycles. The molecule has 0 aliphatic heterocycles. The number of anilines is 1. The van der Waals surface area contributed by atoms with E-state index < -0.39 is 12.0 Å². The minimum Gasteiger partial charge on any atom is -0.478 e. The van der Waals surface area contributed by atoms with Crippen LogP contribution in [0.3, 0.4) is 0 Å². The maximum atomic E-state index is 11.6. The second-order valence-corrected chi connectivity index (χ2v) is 3.92. The van der Waals surface area contributed by atoms with Crippen LogP contribution in [0.4, 0.5) is 10.5 Å². The number of carboxylic acid groups (broad SMARTS) is 1. The fourth-order valence-electron chi connectivity index (χ4n) is 1.45. The van der Waals surface area contributed by atoms with Crippen LogP contribution in [0.15, 0.2) is 36.9 Å². The van der Waals surface area contributed by atoms with E-state index in [1.54, 1.807) is 18.2 Å². The van der Waals surface area contributed by atoms with Crippen molar-refractivity contribution >= 4 is 17.7 Å². The van der Waals surface area contributed by atoms with Gasteiger partial charge < -0.3 is 20.5 Å². The molecule has 20 heavy (non-hydrogen) atoms. The smallest absolute Gasteiger partial charge is 0.337 e. The van der Waals surface area contributed by atoms with E-state index in [-0.39, 0.29) is 11.3 Å². The molecule has 0 spiro atoms. The lowest BCUT2D eigenvalue weighted by Crippen LogP contribution is -2.32. The van der Waals surface area contributed by atoms with Crippen LogP contribution in [0.2, 0.25) is 0 Å². The standard InChI is InChI=1S/C14H18N2O4/c1-2-3-9-20-10-8-15-14(19)16-12-7-5-4-6-11(12)13(17)18/h2,4-7H,1,3,8-10H2,(H,17,18)(H2,15,16,19). The van der Waals surface area contributed by atoms with Crippen LogP contribution >= 0.6 is 0 Å². The summed E-state index contributed by atoms with van der Waals surface area (Å²) < 4.78 is 5.23. The molecule has 0 heterocycles. The Morgan fingerprint density at radius 3 is 2.75 bits per heavy atom. The largest absolute Gasteiger partial charge is 0.478 e. The van der Waals surface area contributed by atoms with Crippen molar-refractivity contribution in [3.63, 3.8) is 0 Å². The van der Waals surface area contributed by atoms with Crippen LogP contribution in [0, 0.1) is 0 Å². The highest BCUT2D eigenvalue weighted by Gasteiger charge is 2.10. The number of carbonyl (C=O) groups excluding carboxylic acids is 1. The van der Waals surface area contributed by atoms with Crippen molar-refractivity contribution in [3.8, 4) is 0 Å². The second kappa shape index (κ2) is 8.71. The Balaban J connectivity index is 2.35. The molecule has 0 radical (unpaired) electrons. The summed E-state index contributed by atoms with van der Waals surface area (Å²) in [6, 6.07) is 5.74. The van der Waals surface area contributed by atoms with Gasteiger partial charge in [-0.2, -0.15) is 0 Å². The molecule has 0 aromatic heterocycles. The van der Waals surface area contributed by atoms with Gasteiger partial charge in [0.1, 0.15) is 0 Å². The molecular formula is C14H18N2O4. The van der Waals surface area contributed by atoms with Gasteiger partial charge in [0.2, 0.25) is 0 Å². The van der Waals surface area contributed by atoms with Crippen molar-refractivity contribution in [1.82, 2.24) is 5.32 Å². The first-order valence-electron chi connectivity index (χ1n) is 6.21. The van der Waals surface area contributed by atoms with E-state index in [1.807, 2.05) is 0 Å². The van der Waals surface area contributed by atoms with Crippen molar-refractivity contribution in [2.45, 2.75) is 6.42 Å². The van der Waals surface area contributed by atoms with Gasteiger partial charge in [0, 0.05) is 6.54 Å². The fraction of sp³-hybridized carbons (Fsp3) is 0.286. The van der Waals surface area contributed by atoms with Crippen LogP contribution < -0.4 is 10.6 Å². The molecular weight excluding hydrogens is 260 g/mol. The maximum absolute atomic E-state index is 11.6. The van der Waals surface area contributed by atoms with E-state index in [0.717, 1.165) is 6.42 Å². The van der Waals surface area contributed by atoms with Crippen LogP contribution in [-0.2, 0) is 4.74 Å². The average Bonchev–Trinajstić information content (AvgIpc) is 2.43. The molecule has 6 heteroatoms. The Morgan fingerprint density at radius 1 is 1.30 bits per heavy atom. The van der Waals surface area contributed by atoms with E-state index in [4.69, 9.17) is 9.84 Å². The third-order valence-corrected chi connectivity index (χ3v) is 2.40. The Morgan fingerprint density at radius 2 is 2.05 bits per heavy atom. The number of benzene rings is 1. The molecule has 0 atom stereocenters. The number of nitrogens with one attached hydrogen (secondary N) is 2. The highest BCUT2D eigenvalue weighted by Crippen LogP contribution is 2.14. The predicted molar refractivity (Wildman–Crippen MR) is 76.1 cm³/mol. The van der Waals surface area contributed by atoms with Crippen molar-refractivity contribution in [2.24, 2.45) is 0 Å². The van der Waals surface area contributed by atoms with E-state index in [9.17, 15) is 9.59 Å². The Kier molecular flexibility index (Phi) is 6.84. The number of carbonyl (C=O) groups is 2. The third-order valence-electron chi connectivity index (χ3n) is 2.40. The van der Waals surface area contributed by atoms with Crippen molar-refractivity contribution in [1.29, 1.82) is 0 Å². The SMILES string of the molecule is C=CCCOCCNC(=O)Nc1ccccc1C(=O)O. The molecule has 0 aliphatic carbocycles. The molecule has 1 aromatic rings. The predicted octanol–water partition coefficient (Wildman–Crippen LogP) is 2.10. The van der Waals surface area contributed by atoms with E-state index in [1.165, 1.54) is 12.1 Å². The highest BCUT2D eigenvalue weighted by atomic mass is 16.5. The van der Waals surface area contributed by atoms with Gasteiger partial charge >= 0.3 is 12.0 Å². The van der Waals surface area contributed by atoms with Crippen LogP contribution in [0.1, 0.15) is 16.8 Å². The molecule has 0 saturated carbocycles. The average molecular weight is 278 g/mol. The van der Waals surface area contributed by atoms with E-state index in [0.29, 0.717) is 19.8 Å². The first kappa shape index (κ1) is 15.7. The van der Waals surface area contributed by atoms with Crippen LogP contribution in [-0.4, -0.2) is 36.9 Å². The summed E-state index contributed by atoms with van der Waals surface area (Å²) in [6.45, 7) is 4.87. The molecule has 0 unspecified atom stereocenters. The molecule has 1 rings (SSSR count). The molecule has 3 N–H and O–H groups in total. The summed E-state index contributed by atoms with van der Waals surface area (Å²) in [5, 5.41) is 14.0. The van der Waals surface area contributed by atoms with Gasteiger partial charge in [0.25, 0.3) is 0 Å². The number of ether oxygens (including phenoxy) is 1. The quantitative estimate of drug-likeness (QED) is 0.502. The maximum Gasteiger partial charge on any atom is 0.337 e. The third kappa shape index (κ3) is 5.53. The monoisotopic (exact) mass is 278 g/mol. The van der Waals surface area contributed by atoms with Gasteiger partial charge in [-0.05, 0) is 18.6 Å². The number of hydrogen-bond acceptors (Lipinski definition) is 3. The molecule has 2 amide bonds. The highest BCUT2D eigenvalue weighted by molar-refractivity contribution is 5.99. The molecule has 1 aromatic carbocycles. The van der Waals surface area contributed by atoms with Gasteiger partial charge in [0.15, 0.2) is 0 Å². The van der Waals surface area contributed by atoms with Gasteiger partial charge in [-0.3, -0.25) is 0 Å². The number of para-hydroxylation sites is 1. The number of hydrogen-bond donors (Lipinski definition) is 3. The topological polar surface area (TPSA) is 87.7 Å².